The van der Waals surface area contributed by atoms with E-state index in [0.717, 1.165) is 109 Å². The van der Waals surface area contributed by atoms with Crippen molar-refractivity contribution in [2.24, 2.45) is 0 Å². The van der Waals surface area contributed by atoms with Gasteiger partial charge in [-0.15, -0.1) is 0 Å². The van der Waals surface area contributed by atoms with Gasteiger partial charge in [0.1, 0.15) is 13.2 Å². The van der Waals surface area contributed by atoms with Crippen molar-refractivity contribution >= 4 is 17.9 Å². The quantitative estimate of drug-likeness (QED) is 0.0262. The van der Waals surface area contributed by atoms with E-state index in [-0.39, 0.29) is 31.1 Å². The first-order valence-electron chi connectivity index (χ1n) is 26.9. The summed E-state index contributed by atoms with van der Waals surface area (Å²) in [4.78, 5) is 38.0. The Morgan fingerprint density at radius 3 is 0.984 bits per heavy atom. The van der Waals surface area contributed by atoms with Gasteiger partial charge in [-0.25, -0.2) is 0 Å². The largest absolute Gasteiger partial charge is 0.462 e. The summed E-state index contributed by atoms with van der Waals surface area (Å²) in [6.07, 6.45) is 66.1. The Morgan fingerprint density at radius 2 is 0.609 bits per heavy atom. The fraction of sp³-hybridized carbons (Fsp3) is 0.741. The van der Waals surface area contributed by atoms with Gasteiger partial charge in [-0.1, -0.05) is 229 Å². The van der Waals surface area contributed by atoms with Gasteiger partial charge in [0.15, 0.2) is 6.10 Å². The zero-order chi connectivity index (χ0) is 46.5. The maximum atomic E-state index is 12.8. The molecule has 0 heterocycles. The summed E-state index contributed by atoms with van der Waals surface area (Å²) in [6.45, 7) is 6.38. The number of allylic oxidation sites excluding steroid dienone is 12. The van der Waals surface area contributed by atoms with Crippen LogP contribution in [0.2, 0.25) is 0 Å². The number of carbonyl (C=O) groups excluding carboxylic acids is 3. The maximum absolute atomic E-state index is 12.8. The molecule has 0 radical (unpaired) electrons. The van der Waals surface area contributed by atoms with E-state index in [2.05, 4.69) is 93.7 Å². The van der Waals surface area contributed by atoms with Crippen LogP contribution in [0.3, 0.4) is 0 Å². The number of hydrogen-bond acceptors (Lipinski definition) is 6. The SMILES string of the molecule is CC/C=C\C/C=C\C/C=C\CCCCCCCCC(=O)OC(COC(=O)CCCC/C=C\C/C=C\C/C=C\CC)COC(=O)CCCCCCCCCCCCCCCCCCCC. The molecule has 6 heteroatoms. The second-order valence-electron chi connectivity index (χ2n) is 17.7. The number of rotatable bonds is 48. The summed E-state index contributed by atoms with van der Waals surface area (Å²) in [5.74, 6) is -0.940. The highest BCUT2D eigenvalue weighted by Crippen LogP contribution is 2.16. The Morgan fingerprint density at radius 1 is 0.328 bits per heavy atom. The van der Waals surface area contributed by atoms with E-state index in [9.17, 15) is 14.4 Å². The van der Waals surface area contributed by atoms with Gasteiger partial charge in [-0.2, -0.15) is 0 Å². The number of esters is 3. The number of ether oxygens (including phenoxy) is 3. The number of hydrogen-bond donors (Lipinski definition) is 0. The molecule has 0 spiro atoms. The Kier molecular flexibility index (Phi) is 49.9. The van der Waals surface area contributed by atoms with Crippen molar-refractivity contribution in [3.8, 4) is 0 Å². The van der Waals surface area contributed by atoms with Gasteiger partial charge >= 0.3 is 17.9 Å². The molecule has 0 bridgehead atoms. The van der Waals surface area contributed by atoms with Gasteiger partial charge in [-0.05, 0) is 83.5 Å². The van der Waals surface area contributed by atoms with Crippen LogP contribution in [0.25, 0.3) is 0 Å². The van der Waals surface area contributed by atoms with E-state index < -0.39 is 6.10 Å². The molecule has 368 valence electrons. The van der Waals surface area contributed by atoms with Crippen molar-refractivity contribution in [3.05, 3.63) is 72.9 Å². The summed E-state index contributed by atoms with van der Waals surface area (Å²) in [6, 6.07) is 0. The van der Waals surface area contributed by atoms with Gasteiger partial charge in [0.2, 0.25) is 0 Å². The molecule has 0 N–H and O–H groups in total. The molecule has 0 aromatic rings. The third kappa shape index (κ3) is 49.9. The smallest absolute Gasteiger partial charge is 0.306 e. The van der Waals surface area contributed by atoms with Crippen molar-refractivity contribution in [2.75, 3.05) is 13.2 Å². The molecule has 0 aliphatic rings. The molecule has 0 rings (SSSR count). The van der Waals surface area contributed by atoms with Crippen LogP contribution in [0.4, 0.5) is 0 Å². The Hall–Kier alpha value is -3.15. The molecule has 64 heavy (non-hydrogen) atoms. The highest BCUT2D eigenvalue weighted by atomic mass is 16.6. The van der Waals surface area contributed by atoms with Crippen LogP contribution in [-0.4, -0.2) is 37.2 Å². The normalized spacial score (nSPS) is 12.6. The monoisotopic (exact) mass is 893 g/mol. The van der Waals surface area contributed by atoms with Crippen molar-refractivity contribution in [1.29, 1.82) is 0 Å². The van der Waals surface area contributed by atoms with Gasteiger partial charge in [0.05, 0.1) is 0 Å². The minimum absolute atomic E-state index is 0.0912. The standard InChI is InChI=1S/C58H100O6/c1-4-7-10-13-16-19-22-25-27-29-30-32-33-36-39-42-45-48-51-57(60)63-54-55(53-62-56(59)50-47-44-41-38-35-24-21-18-15-12-9-6-3)64-58(61)52-49-46-43-40-37-34-31-28-26-23-20-17-14-11-8-5-2/h8-9,11-12,17-18,20-21,26,28,35,38,55H,4-7,10,13-16,19,22-25,27,29-34,36-37,39-54H2,1-3H3/b11-8-,12-9-,20-17-,21-18-,28-26-,38-35-. The first kappa shape index (κ1) is 60.9. The zero-order valence-electron chi connectivity index (χ0n) is 42.0. The van der Waals surface area contributed by atoms with E-state index >= 15 is 0 Å². The van der Waals surface area contributed by atoms with E-state index in [0.29, 0.717) is 19.3 Å². The van der Waals surface area contributed by atoms with Gasteiger partial charge in [0.25, 0.3) is 0 Å². The second-order valence-corrected chi connectivity index (χ2v) is 17.7. The molecule has 0 amide bonds. The molecule has 1 unspecified atom stereocenters. The van der Waals surface area contributed by atoms with Crippen LogP contribution >= 0.6 is 0 Å². The van der Waals surface area contributed by atoms with Crippen LogP contribution < -0.4 is 0 Å². The van der Waals surface area contributed by atoms with E-state index in [4.69, 9.17) is 14.2 Å². The predicted molar refractivity (Wildman–Crippen MR) is 274 cm³/mol. The highest BCUT2D eigenvalue weighted by molar-refractivity contribution is 5.71. The first-order valence-corrected chi connectivity index (χ1v) is 26.9. The molecule has 0 saturated carbocycles. The van der Waals surface area contributed by atoms with Crippen molar-refractivity contribution in [2.45, 2.75) is 264 Å². The Balaban J connectivity index is 4.39. The van der Waals surface area contributed by atoms with E-state index in [1.54, 1.807) is 0 Å². The summed E-state index contributed by atoms with van der Waals surface area (Å²) in [5, 5.41) is 0. The van der Waals surface area contributed by atoms with Crippen LogP contribution in [-0.2, 0) is 28.6 Å². The minimum Gasteiger partial charge on any atom is -0.462 e. The zero-order valence-corrected chi connectivity index (χ0v) is 42.0. The van der Waals surface area contributed by atoms with Crippen LogP contribution in [0.5, 0.6) is 0 Å². The number of carbonyl (C=O) groups is 3. The lowest BCUT2D eigenvalue weighted by atomic mass is 10.0. The fourth-order valence-corrected chi connectivity index (χ4v) is 7.47. The highest BCUT2D eigenvalue weighted by Gasteiger charge is 2.19. The first-order chi connectivity index (χ1) is 31.5. The predicted octanol–water partition coefficient (Wildman–Crippen LogP) is 17.8. The molecule has 0 aromatic heterocycles. The Labute approximate surface area is 395 Å². The van der Waals surface area contributed by atoms with Crippen molar-refractivity contribution in [1.82, 2.24) is 0 Å². The van der Waals surface area contributed by atoms with Crippen LogP contribution in [0.15, 0.2) is 72.9 Å². The lowest BCUT2D eigenvalue weighted by molar-refractivity contribution is -0.167. The summed E-state index contributed by atoms with van der Waals surface area (Å²) in [7, 11) is 0. The molecule has 0 fully saturated rings. The van der Waals surface area contributed by atoms with E-state index in [1.807, 2.05) is 0 Å². The summed E-state index contributed by atoms with van der Waals surface area (Å²) >= 11 is 0. The average Bonchev–Trinajstić information content (AvgIpc) is 3.29. The Bertz CT molecular complexity index is 1210. The lowest BCUT2D eigenvalue weighted by Crippen LogP contribution is -2.30. The third-order valence-electron chi connectivity index (χ3n) is 11.5. The second kappa shape index (κ2) is 52.5. The van der Waals surface area contributed by atoms with Crippen molar-refractivity contribution in [3.63, 3.8) is 0 Å². The molecule has 0 aliphatic carbocycles. The van der Waals surface area contributed by atoms with Gasteiger partial charge in [-0.3, -0.25) is 14.4 Å². The van der Waals surface area contributed by atoms with Gasteiger partial charge < -0.3 is 14.2 Å². The third-order valence-corrected chi connectivity index (χ3v) is 11.5. The van der Waals surface area contributed by atoms with Crippen molar-refractivity contribution < 1.29 is 28.6 Å². The summed E-state index contributed by atoms with van der Waals surface area (Å²) < 4.78 is 16.8. The van der Waals surface area contributed by atoms with Crippen LogP contribution in [0, 0.1) is 0 Å². The van der Waals surface area contributed by atoms with E-state index in [1.165, 1.54) is 109 Å². The average molecular weight is 893 g/mol. The molecular formula is C58H100O6. The lowest BCUT2D eigenvalue weighted by Gasteiger charge is -2.18. The van der Waals surface area contributed by atoms with Crippen LogP contribution in [0.1, 0.15) is 258 Å². The summed E-state index contributed by atoms with van der Waals surface area (Å²) in [5.41, 5.74) is 0. The molecule has 0 saturated heterocycles. The molecule has 1 atom stereocenters. The number of unbranched alkanes of at least 4 members (excludes halogenated alkanes) is 25. The fourth-order valence-electron chi connectivity index (χ4n) is 7.47. The maximum Gasteiger partial charge on any atom is 0.306 e. The topological polar surface area (TPSA) is 78.9 Å². The van der Waals surface area contributed by atoms with Gasteiger partial charge in [0, 0.05) is 19.3 Å². The molecule has 0 aromatic carbocycles. The molecular weight excluding hydrogens is 793 g/mol. The molecule has 0 aliphatic heterocycles. The minimum atomic E-state index is -0.796. The molecule has 6 nitrogen and oxygen atoms in total.